The minimum atomic E-state index is -1.39. The average molecular weight is 543 g/mol. The molecule has 0 radical (unpaired) electrons. The lowest BCUT2D eigenvalue weighted by molar-refractivity contribution is -0.157. The van der Waals surface area contributed by atoms with Gasteiger partial charge in [0.25, 0.3) is 0 Å². The number of aryl methyl sites for hydroxylation is 1. The van der Waals surface area contributed by atoms with Crippen molar-refractivity contribution < 1.29 is 34.0 Å². The molecule has 2 N–H and O–H groups in total. The maximum absolute atomic E-state index is 12.6. The number of cyclic esters (lactones) is 1. The molecule has 0 bridgehead atoms. The molecule has 39 heavy (non-hydrogen) atoms. The van der Waals surface area contributed by atoms with Gasteiger partial charge in [-0.3, -0.25) is 9.59 Å². The zero-order chi connectivity index (χ0) is 29.0. The van der Waals surface area contributed by atoms with Crippen molar-refractivity contribution in [1.29, 1.82) is 0 Å². The van der Waals surface area contributed by atoms with E-state index in [0.29, 0.717) is 12.5 Å². The second-order valence-corrected chi connectivity index (χ2v) is 11.0. The number of aliphatic hydroxyl groups excluding tert-OH is 1. The van der Waals surface area contributed by atoms with E-state index in [2.05, 4.69) is 37.3 Å². The SMILES string of the molecule is COCc1cccc(CCC(C)/C=C/C=C(\C)[C@H]2OC(=O)C[C@@H](O)CC[C@](C)(O)[C@@H](OC(C)=O)/C=C/[C@@H]2C)c1. The fourth-order valence-corrected chi connectivity index (χ4v) is 4.65. The van der Waals surface area contributed by atoms with Crippen LogP contribution in [0, 0.1) is 11.8 Å². The fraction of sp³-hybridized carbons (Fsp3) is 0.562. The van der Waals surface area contributed by atoms with Crippen LogP contribution in [0.5, 0.6) is 0 Å². The van der Waals surface area contributed by atoms with Gasteiger partial charge in [-0.1, -0.05) is 62.4 Å². The van der Waals surface area contributed by atoms with Gasteiger partial charge in [-0.05, 0) is 68.2 Å². The van der Waals surface area contributed by atoms with E-state index < -0.39 is 35.9 Å². The van der Waals surface area contributed by atoms with Crippen LogP contribution >= 0.6 is 0 Å². The Balaban J connectivity index is 2.14. The second kappa shape index (κ2) is 15.8. The van der Waals surface area contributed by atoms with Gasteiger partial charge >= 0.3 is 11.9 Å². The number of esters is 2. The molecule has 216 valence electrons. The van der Waals surface area contributed by atoms with Crippen molar-refractivity contribution in [2.75, 3.05) is 7.11 Å². The summed E-state index contributed by atoms with van der Waals surface area (Å²) < 4.78 is 16.4. The van der Waals surface area contributed by atoms with E-state index in [1.165, 1.54) is 18.1 Å². The summed E-state index contributed by atoms with van der Waals surface area (Å²) in [6.45, 7) is 9.44. The van der Waals surface area contributed by atoms with E-state index in [4.69, 9.17) is 14.2 Å². The van der Waals surface area contributed by atoms with E-state index in [0.717, 1.165) is 18.4 Å². The van der Waals surface area contributed by atoms with Crippen LogP contribution < -0.4 is 0 Å². The Morgan fingerprint density at radius 2 is 1.97 bits per heavy atom. The summed E-state index contributed by atoms with van der Waals surface area (Å²) in [6.07, 6.45) is 9.19. The molecule has 0 aromatic heterocycles. The molecule has 2 rings (SSSR count). The van der Waals surface area contributed by atoms with Crippen LogP contribution in [0.25, 0.3) is 0 Å². The number of aliphatic hydroxyl groups is 2. The monoisotopic (exact) mass is 542 g/mol. The summed E-state index contributed by atoms with van der Waals surface area (Å²) in [5.74, 6) is -0.921. The molecule has 6 atom stereocenters. The fourth-order valence-electron chi connectivity index (χ4n) is 4.65. The molecule has 0 saturated heterocycles. The largest absolute Gasteiger partial charge is 0.457 e. The van der Waals surface area contributed by atoms with Crippen molar-refractivity contribution in [2.24, 2.45) is 11.8 Å². The number of carbonyl (C=O) groups is 2. The van der Waals surface area contributed by atoms with Gasteiger partial charge < -0.3 is 24.4 Å². The molecule has 0 aliphatic carbocycles. The normalized spacial score (nSPS) is 28.7. The Bertz CT molecular complexity index is 1020. The van der Waals surface area contributed by atoms with Crippen LogP contribution in [-0.4, -0.2) is 53.2 Å². The average Bonchev–Trinajstić information content (AvgIpc) is 2.86. The molecule has 1 unspecified atom stereocenters. The first-order chi connectivity index (χ1) is 18.4. The number of methoxy groups -OCH3 is 1. The van der Waals surface area contributed by atoms with Crippen molar-refractivity contribution in [3.63, 3.8) is 0 Å². The van der Waals surface area contributed by atoms with Gasteiger partial charge in [0.05, 0.1) is 19.1 Å². The van der Waals surface area contributed by atoms with Gasteiger partial charge in [-0.25, -0.2) is 0 Å². The highest BCUT2D eigenvalue weighted by Crippen LogP contribution is 2.27. The summed E-state index contributed by atoms with van der Waals surface area (Å²) in [5, 5.41) is 21.3. The van der Waals surface area contributed by atoms with Crippen LogP contribution in [0.3, 0.4) is 0 Å². The van der Waals surface area contributed by atoms with E-state index in [1.807, 2.05) is 26.0 Å². The molecular formula is C32H46O7. The zero-order valence-corrected chi connectivity index (χ0v) is 24.3. The van der Waals surface area contributed by atoms with Crippen molar-refractivity contribution in [2.45, 2.75) is 97.2 Å². The molecular weight excluding hydrogens is 496 g/mol. The molecule has 0 saturated carbocycles. The minimum Gasteiger partial charge on any atom is -0.457 e. The summed E-state index contributed by atoms with van der Waals surface area (Å²) in [4.78, 5) is 24.3. The number of hydrogen-bond acceptors (Lipinski definition) is 7. The highest BCUT2D eigenvalue weighted by Gasteiger charge is 2.35. The summed E-state index contributed by atoms with van der Waals surface area (Å²) in [6, 6.07) is 8.44. The third-order valence-corrected chi connectivity index (χ3v) is 7.06. The number of rotatable bonds is 9. The number of carbonyl (C=O) groups excluding carboxylic acids is 2. The van der Waals surface area contributed by atoms with E-state index >= 15 is 0 Å². The highest BCUT2D eigenvalue weighted by molar-refractivity contribution is 5.70. The Labute approximate surface area is 233 Å². The van der Waals surface area contributed by atoms with Crippen molar-refractivity contribution in [3.8, 4) is 0 Å². The third kappa shape index (κ3) is 11.5. The summed E-state index contributed by atoms with van der Waals surface area (Å²) in [5.41, 5.74) is 1.90. The van der Waals surface area contributed by atoms with Crippen LogP contribution in [0.4, 0.5) is 0 Å². The Hall–Kier alpha value is -2.74. The zero-order valence-electron chi connectivity index (χ0n) is 24.3. The van der Waals surface area contributed by atoms with E-state index in [1.54, 1.807) is 26.2 Å². The number of allylic oxidation sites excluding steroid dienone is 3. The Kier molecular flexibility index (Phi) is 13.1. The first kappa shape index (κ1) is 32.5. The number of ether oxygens (including phenoxy) is 3. The summed E-state index contributed by atoms with van der Waals surface area (Å²) >= 11 is 0. The smallest absolute Gasteiger partial charge is 0.309 e. The van der Waals surface area contributed by atoms with Crippen molar-refractivity contribution in [3.05, 3.63) is 71.3 Å². The molecule has 7 heteroatoms. The maximum Gasteiger partial charge on any atom is 0.309 e. The standard InChI is InChI=1S/C32H46O7/c1-22(13-15-26-11-8-12-27(19-26)21-37-6)9-7-10-23(2)31-24(3)14-16-29(38-25(4)33)32(5,36)18-17-28(34)20-30(35)39-31/h7-12,14,16,19,22,24,28-29,31,34,36H,13,15,17-18,20-21H2,1-6H3/b9-7+,16-14+,23-10+/t22?,24-,28-,29-,31+,32-/m0/s1. The maximum atomic E-state index is 12.6. The first-order valence-electron chi connectivity index (χ1n) is 13.8. The van der Waals surface area contributed by atoms with Crippen LogP contribution in [0.1, 0.15) is 71.4 Å². The molecule has 0 fully saturated rings. The molecule has 0 amide bonds. The molecule has 1 aliphatic rings. The highest BCUT2D eigenvalue weighted by atomic mass is 16.6. The molecule has 7 nitrogen and oxygen atoms in total. The molecule has 1 heterocycles. The lowest BCUT2D eigenvalue weighted by Crippen LogP contribution is -2.42. The van der Waals surface area contributed by atoms with Gasteiger partial charge in [0.2, 0.25) is 0 Å². The Morgan fingerprint density at radius 1 is 1.26 bits per heavy atom. The van der Waals surface area contributed by atoms with Crippen LogP contribution in [-0.2, 0) is 36.8 Å². The second-order valence-electron chi connectivity index (χ2n) is 11.0. The minimum absolute atomic E-state index is 0.155. The third-order valence-electron chi connectivity index (χ3n) is 7.06. The van der Waals surface area contributed by atoms with Crippen molar-refractivity contribution in [1.82, 2.24) is 0 Å². The lowest BCUT2D eigenvalue weighted by Gasteiger charge is -2.32. The van der Waals surface area contributed by atoms with Gasteiger partial charge in [0.1, 0.15) is 17.8 Å². The lowest BCUT2D eigenvalue weighted by atomic mass is 9.88. The van der Waals surface area contributed by atoms with E-state index in [9.17, 15) is 19.8 Å². The molecule has 1 aliphatic heterocycles. The Morgan fingerprint density at radius 3 is 2.67 bits per heavy atom. The van der Waals surface area contributed by atoms with Gasteiger partial charge in [-0.2, -0.15) is 0 Å². The van der Waals surface area contributed by atoms with Crippen LogP contribution in [0.15, 0.2) is 60.2 Å². The predicted molar refractivity (Wildman–Crippen MR) is 152 cm³/mol. The van der Waals surface area contributed by atoms with Gasteiger partial charge in [0.15, 0.2) is 0 Å². The molecule has 1 aromatic rings. The van der Waals surface area contributed by atoms with Crippen LogP contribution in [0.2, 0.25) is 0 Å². The molecule has 0 spiro atoms. The van der Waals surface area contributed by atoms with Gasteiger partial charge in [-0.15, -0.1) is 0 Å². The topological polar surface area (TPSA) is 102 Å². The van der Waals surface area contributed by atoms with Crippen molar-refractivity contribution >= 4 is 11.9 Å². The van der Waals surface area contributed by atoms with E-state index in [-0.39, 0.29) is 25.2 Å². The quantitative estimate of drug-likeness (QED) is 0.250. The number of benzene rings is 1. The number of hydrogen-bond donors (Lipinski definition) is 2. The molecule has 1 aromatic carbocycles. The predicted octanol–water partition coefficient (Wildman–Crippen LogP) is 5.24. The summed E-state index contributed by atoms with van der Waals surface area (Å²) in [7, 11) is 1.70. The van der Waals surface area contributed by atoms with Gasteiger partial charge in [0, 0.05) is 20.0 Å². The first-order valence-corrected chi connectivity index (χ1v) is 13.8.